The number of halogens is 1. The predicted octanol–water partition coefficient (Wildman–Crippen LogP) is 2.42. The first-order valence-corrected chi connectivity index (χ1v) is 8.87. The van der Waals surface area contributed by atoms with E-state index < -0.39 is 6.29 Å². The molecule has 148 valence electrons. The molecule has 0 spiro atoms. The number of carbonyl (C=O) groups is 1. The lowest BCUT2D eigenvalue weighted by Crippen LogP contribution is -2.34. The minimum Gasteiger partial charge on any atom is -0.354 e. The highest BCUT2D eigenvalue weighted by Crippen LogP contribution is 2.21. The zero-order valence-corrected chi connectivity index (χ0v) is 16.3. The van der Waals surface area contributed by atoms with Crippen molar-refractivity contribution in [3.8, 4) is 0 Å². The van der Waals surface area contributed by atoms with Crippen molar-refractivity contribution in [2.75, 3.05) is 20.8 Å². The molecule has 1 aromatic carbocycles. The second-order valence-electron chi connectivity index (χ2n) is 6.43. The molecular formula is C20H23FN4O3. The third kappa shape index (κ3) is 3.88. The molecule has 0 saturated carbocycles. The maximum atomic E-state index is 14.1. The first kappa shape index (κ1) is 19.9. The summed E-state index contributed by atoms with van der Waals surface area (Å²) in [4.78, 5) is 17.1. The van der Waals surface area contributed by atoms with E-state index in [-0.39, 0.29) is 18.3 Å². The topological polar surface area (TPSA) is 77.8 Å². The molecule has 0 unspecified atom stereocenters. The van der Waals surface area contributed by atoms with Crippen LogP contribution in [0.2, 0.25) is 0 Å². The van der Waals surface area contributed by atoms with E-state index in [1.54, 1.807) is 22.7 Å². The quantitative estimate of drug-likeness (QED) is 0.631. The minimum absolute atomic E-state index is 0.201. The number of hydrogen-bond acceptors (Lipinski definition) is 5. The zero-order chi connectivity index (χ0) is 20.3. The van der Waals surface area contributed by atoms with Crippen molar-refractivity contribution in [2.45, 2.75) is 26.6 Å². The zero-order valence-electron chi connectivity index (χ0n) is 16.3. The highest BCUT2D eigenvalue weighted by atomic mass is 19.1. The van der Waals surface area contributed by atoms with Crippen LogP contribution in [0.1, 0.15) is 32.9 Å². The maximum absolute atomic E-state index is 14.1. The summed E-state index contributed by atoms with van der Waals surface area (Å²) >= 11 is 0. The number of amides is 1. The largest absolute Gasteiger partial charge is 0.354 e. The Morgan fingerprint density at radius 2 is 1.96 bits per heavy atom. The van der Waals surface area contributed by atoms with Crippen molar-refractivity contribution >= 4 is 11.6 Å². The fraction of sp³-hybridized carbons (Fsp3) is 0.350. The third-order valence-corrected chi connectivity index (χ3v) is 4.73. The van der Waals surface area contributed by atoms with Crippen molar-refractivity contribution in [1.29, 1.82) is 0 Å². The Morgan fingerprint density at radius 3 is 2.64 bits per heavy atom. The molecule has 0 atom stereocenters. The molecule has 1 amide bonds. The van der Waals surface area contributed by atoms with E-state index in [4.69, 9.17) is 9.47 Å². The number of benzene rings is 1. The summed E-state index contributed by atoms with van der Waals surface area (Å²) in [5.74, 6) is -0.574. The van der Waals surface area contributed by atoms with Gasteiger partial charge in [-0.15, -0.1) is 0 Å². The van der Waals surface area contributed by atoms with E-state index in [0.717, 1.165) is 17.0 Å². The second kappa shape index (κ2) is 8.45. The van der Waals surface area contributed by atoms with E-state index >= 15 is 0 Å². The van der Waals surface area contributed by atoms with Crippen molar-refractivity contribution in [2.24, 2.45) is 0 Å². The summed E-state index contributed by atoms with van der Waals surface area (Å²) in [6, 6.07) is 6.66. The number of rotatable bonds is 7. The molecule has 0 fully saturated rings. The molecule has 8 heteroatoms. The summed E-state index contributed by atoms with van der Waals surface area (Å²) in [7, 11) is 3.00. The number of aromatic nitrogens is 3. The van der Waals surface area contributed by atoms with Crippen LogP contribution in [-0.2, 0) is 15.9 Å². The Bertz CT molecular complexity index is 999. The Morgan fingerprint density at radius 1 is 1.25 bits per heavy atom. The lowest BCUT2D eigenvalue weighted by atomic mass is 10.0. The van der Waals surface area contributed by atoms with Crippen LogP contribution in [-0.4, -0.2) is 47.6 Å². The Labute approximate surface area is 162 Å². The highest BCUT2D eigenvalue weighted by Gasteiger charge is 2.19. The molecule has 0 aliphatic rings. The maximum Gasteiger partial charge on any atom is 0.256 e. The summed E-state index contributed by atoms with van der Waals surface area (Å²) in [5, 5.41) is 7.06. The van der Waals surface area contributed by atoms with Crippen molar-refractivity contribution in [1.82, 2.24) is 19.9 Å². The standard InChI is InChI=1S/C20H23FN4O3/c1-12-15(9-14-7-5-6-8-17(14)21)13(2)25-19(24-12)16(10-23-25)20(26)22-11-18(27-3)28-4/h5-8,10,18H,9,11H2,1-4H3,(H,22,26). The average molecular weight is 386 g/mol. The van der Waals surface area contributed by atoms with Gasteiger partial charge in [-0.05, 0) is 31.0 Å². The molecule has 1 N–H and O–H groups in total. The number of nitrogens with one attached hydrogen (secondary N) is 1. The van der Waals surface area contributed by atoms with Crippen molar-refractivity contribution in [3.05, 3.63) is 64.4 Å². The number of carbonyl (C=O) groups excluding carboxylic acids is 1. The number of hydrogen-bond donors (Lipinski definition) is 1. The fourth-order valence-electron chi connectivity index (χ4n) is 3.09. The molecule has 3 rings (SSSR count). The smallest absolute Gasteiger partial charge is 0.256 e. The van der Waals surface area contributed by atoms with Crippen LogP contribution in [0.5, 0.6) is 0 Å². The van der Waals surface area contributed by atoms with Crippen molar-refractivity contribution in [3.63, 3.8) is 0 Å². The van der Waals surface area contributed by atoms with E-state index in [9.17, 15) is 9.18 Å². The Hall–Kier alpha value is -2.84. The average Bonchev–Trinajstić information content (AvgIpc) is 3.11. The first-order chi connectivity index (χ1) is 13.5. The van der Waals surface area contributed by atoms with Crippen LogP contribution < -0.4 is 5.32 Å². The molecule has 3 aromatic rings. The van der Waals surface area contributed by atoms with Gasteiger partial charge in [-0.3, -0.25) is 4.79 Å². The molecule has 0 saturated heterocycles. The van der Waals surface area contributed by atoms with Gasteiger partial charge in [0, 0.05) is 32.0 Å². The number of aryl methyl sites for hydroxylation is 2. The normalized spacial score (nSPS) is 11.4. The van der Waals surface area contributed by atoms with E-state index in [1.807, 2.05) is 13.8 Å². The van der Waals surface area contributed by atoms with Crippen LogP contribution in [0, 0.1) is 19.7 Å². The van der Waals surface area contributed by atoms with Gasteiger partial charge in [0.1, 0.15) is 11.4 Å². The summed E-state index contributed by atoms with van der Waals surface area (Å²) in [5.41, 5.74) is 3.83. The third-order valence-electron chi connectivity index (χ3n) is 4.73. The van der Waals surface area contributed by atoms with E-state index in [2.05, 4.69) is 15.4 Å². The van der Waals surface area contributed by atoms with Crippen molar-refractivity contribution < 1.29 is 18.7 Å². The number of ether oxygens (including phenoxy) is 2. The lowest BCUT2D eigenvalue weighted by molar-refractivity contribution is -0.0974. The fourth-order valence-corrected chi connectivity index (χ4v) is 3.09. The molecule has 2 heterocycles. The summed E-state index contributed by atoms with van der Waals surface area (Å²) in [6.45, 7) is 3.94. The van der Waals surface area contributed by atoms with E-state index in [1.165, 1.54) is 26.5 Å². The molecule has 0 aliphatic heterocycles. The van der Waals surface area contributed by atoms with Gasteiger partial charge in [0.15, 0.2) is 11.9 Å². The lowest BCUT2D eigenvalue weighted by Gasteiger charge is -2.14. The molecule has 0 radical (unpaired) electrons. The van der Waals surface area contributed by atoms with Gasteiger partial charge in [0.2, 0.25) is 0 Å². The van der Waals surface area contributed by atoms with Crippen LogP contribution in [0.25, 0.3) is 5.65 Å². The van der Waals surface area contributed by atoms with Gasteiger partial charge in [0.25, 0.3) is 5.91 Å². The van der Waals surface area contributed by atoms with E-state index in [0.29, 0.717) is 23.2 Å². The molecule has 7 nitrogen and oxygen atoms in total. The summed E-state index contributed by atoms with van der Waals surface area (Å²) < 4.78 is 25.8. The molecule has 0 bridgehead atoms. The van der Waals surface area contributed by atoms with Crippen LogP contribution >= 0.6 is 0 Å². The monoisotopic (exact) mass is 386 g/mol. The first-order valence-electron chi connectivity index (χ1n) is 8.87. The van der Waals surface area contributed by atoms with Crippen LogP contribution in [0.15, 0.2) is 30.5 Å². The number of methoxy groups -OCH3 is 2. The molecule has 0 aliphatic carbocycles. The summed E-state index contributed by atoms with van der Waals surface area (Å²) in [6.07, 6.45) is 1.35. The van der Waals surface area contributed by atoms with Gasteiger partial charge in [-0.1, -0.05) is 18.2 Å². The Kier molecular flexibility index (Phi) is 6.01. The highest BCUT2D eigenvalue weighted by molar-refractivity contribution is 5.99. The molecular weight excluding hydrogens is 363 g/mol. The van der Waals surface area contributed by atoms with Crippen LogP contribution in [0.3, 0.4) is 0 Å². The Balaban J connectivity index is 1.91. The van der Waals surface area contributed by atoms with Gasteiger partial charge in [-0.2, -0.15) is 5.10 Å². The molecule has 28 heavy (non-hydrogen) atoms. The SMILES string of the molecule is COC(CNC(=O)c1cnn2c(C)c(Cc3ccccc3F)c(C)nc12)OC. The number of nitrogens with zero attached hydrogens (tertiary/aromatic N) is 3. The van der Waals surface area contributed by atoms with Gasteiger partial charge >= 0.3 is 0 Å². The van der Waals surface area contributed by atoms with Gasteiger partial charge in [0.05, 0.1) is 12.7 Å². The van der Waals surface area contributed by atoms with Crippen LogP contribution in [0.4, 0.5) is 4.39 Å². The predicted molar refractivity (Wildman–Crippen MR) is 102 cm³/mol. The number of fused-ring (bicyclic) bond motifs is 1. The molecule has 2 aromatic heterocycles. The minimum atomic E-state index is -0.533. The van der Waals surface area contributed by atoms with Gasteiger partial charge < -0.3 is 14.8 Å². The van der Waals surface area contributed by atoms with Gasteiger partial charge in [-0.25, -0.2) is 13.9 Å². The second-order valence-corrected chi connectivity index (χ2v) is 6.43.